The second-order valence-electron chi connectivity index (χ2n) is 6.72. The third kappa shape index (κ3) is 4.40. The summed E-state index contributed by atoms with van der Waals surface area (Å²) in [6.45, 7) is 2.77. The number of nitrogens with two attached hydrogens (primary N) is 1. The van der Waals surface area contributed by atoms with Gasteiger partial charge in [0.05, 0.1) is 10.6 Å². The van der Waals surface area contributed by atoms with Crippen molar-refractivity contribution in [3.8, 4) is 0 Å². The Bertz CT molecular complexity index is 996. The minimum absolute atomic E-state index is 0.120. The number of sulfonamides is 1. The van der Waals surface area contributed by atoms with Gasteiger partial charge >= 0.3 is 0 Å². The lowest BCUT2D eigenvalue weighted by Crippen LogP contribution is -2.35. The van der Waals surface area contributed by atoms with E-state index in [0.717, 1.165) is 24.8 Å². The summed E-state index contributed by atoms with van der Waals surface area (Å²) < 4.78 is 27.1. The number of hydrogen-bond acceptors (Lipinski definition) is 5. The van der Waals surface area contributed by atoms with E-state index in [2.05, 4.69) is 10.5 Å². The summed E-state index contributed by atoms with van der Waals surface area (Å²) in [4.78, 5) is 12.6. The number of nitrogen functional groups attached to an aromatic ring is 1. The summed E-state index contributed by atoms with van der Waals surface area (Å²) in [7, 11) is -3.60. The van der Waals surface area contributed by atoms with E-state index in [1.54, 1.807) is 25.1 Å². The van der Waals surface area contributed by atoms with Crippen LogP contribution in [0.15, 0.2) is 58.5 Å². The highest BCUT2D eigenvalue weighted by atomic mass is 32.2. The van der Waals surface area contributed by atoms with Crippen molar-refractivity contribution in [3.05, 3.63) is 59.7 Å². The topological polar surface area (TPSA) is 105 Å². The normalized spacial score (nSPS) is 16.0. The Morgan fingerprint density at radius 1 is 1.07 bits per heavy atom. The van der Waals surface area contributed by atoms with E-state index in [-0.39, 0.29) is 10.5 Å². The van der Waals surface area contributed by atoms with E-state index in [1.165, 1.54) is 16.4 Å². The number of piperidine rings is 1. The molecule has 0 radical (unpaired) electrons. The largest absolute Gasteiger partial charge is 0.398 e. The third-order valence-corrected chi connectivity index (χ3v) is 6.62. The molecule has 0 unspecified atom stereocenters. The van der Waals surface area contributed by atoms with Crippen molar-refractivity contribution >= 4 is 27.3 Å². The van der Waals surface area contributed by atoms with Gasteiger partial charge in [0.2, 0.25) is 10.0 Å². The molecule has 28 heavy (non-hydrogen) atoms. The number of carbonyl (C=O) groups excluding carboxylic acids is 1. The van der Waals surface area contributed by atoms with E-state index >= 15 is 0 Å². The molecule has 1 heterocycles. The van der Waals surface area contributed by atoms with E-state index in [1.807, 2.05) is 18.2 Å². The van der Waals surface area contributed by atoms with E-state index in [0.29, 0.717) is 24.5 Å². The quantitative estimate of drug-likeness (QED) is 0.457. The first kappa shape index (κ1) is 20.0. The first-order chi connectivity index (χ1) is 13.4. The molecule has 1 saturated heterocycles. The van der Waals surface area contributed by atoms with Gasteiger partial charge in [0, 0.05) is 29.9 Å². The van der Waals surface area contributed by atoms with Crippen LogP contribution in [0.2, 0.25) is 0 Å². The molecule has 1 aliphatic heterocycles. The zero-order chi connectivity index (χ0) is 20.1. The standard InChI is InChI=1S/C20H24N4O3S/c1-15(18-10-3-4-11-19(18)21)22-23-20(25)16-8-7-9-17(14-16)28(26,27)24-12-5-2-6-13-24/h3-4,7-11,14H,2,5-6,12-13,21H2,1H3,(H,23,25)/b22-15+. The molecule has 0 bridgehead atoms. The zero-order valence-corrected chi connectivity index (χ0v) is 16.6. The van der Waals surface area contributed by atoms with Crippen LogP contribution >= 0.6 is 0 Å². The molecule has 1 aliphatic rings. The SMILES string of the molecule is C/C(=N\NC(=O)c1cccc(S(=O)(=O)N2CCCCC2)c1)c1ccccc1N. The highest BCUT2D eigenvalue weighted by Gasteiger charge is 2.26. The Morgan fingerprint density at radius 3 is 2.50 bits per heavy atom. The number of amides is 1. The van der Waals surface area contributed by atoms with E-state index < -0.39 is 15.9 Å². The number of rotatable bonds is 5. The molecular formula is C20H24N4O3S. The maximum Gasteiger partial charge on any atom is 0.271 e. The number of para-hydroxylation sites is 1. The van der Waals surface area contributed by atoms with E-state index in [4.69, 9.17) is 5.73 Å². The average molecular weight is 401 g/mol. The van der Waals surface area contributed by atoms with Crippen LogP contribution in [-0.4, -0.2) is 37.4 Å². The highest BCUT2D eigenvalue weighted by molar-refractivity contribution is 7.89. The molecule has 2 aromatic rings. The number of hydrogen-bond donors (Lipinski definition) is 2. The van der Waals surface area contributed by atoms with Gasteiger partial charge in [-0.1, -0.05) is 30.7 Å². The molecule has 1 fully saturated rings. The van der Waals surface area contributed by atoms with Crippen molar-refractivity contribution in [2.75, 3.05) is 18.8 Å². The molecular weight excluding hydrogens is 376 g/mol. The number of anilines is 1. The van der Waals surface area contributed by atoms with Gasteiger partial charge in [-0.25, -0.2) is 13.8 Å². The molecule has 8 heteroatoms. The van der Waals surface area contributed by atoms with Gasteiger partial charge in [-0.2, -0.15) is 9.41 Å². The van der Waals surface area contributed by atoms with Crippen LogP contribution in [0.1, 0.15) is 42.1 Å². The van der Waals surface area contributed by atoms with Gasteiger partial charge in [0.1, 0.15) is 0 Å². The fourth-order valence-electron chi connectivity index (χ4n) is 3.14. The first-order valence-electron chi connectivity index (χ1n) is 9.19. The number of carbonyl (C=O) groups is 1. The van der Waals surface area contributed by atoms with Crippen molar-refractivity contribution in [1.29, 1.82) is 0 Å². The molecule has 2 aromatic carbocycles. The number of nitrogens with zero attached hydrogens (tertiary/aromatic N) is 2. The Morgan fingerprint density at radius 2 is 1.79 bits per heavy atom. The van der Waals surface area contributed by atoms with Gasteiger partial charge in [-0.15, -0.1) is 0 Å². The Labute approximate surface area is 165 Å². The summed E-state index contributed by atoms with van der Waals surface area (Å²) in [5.41, 5.74) is 10.5. The third-order valence-electron chi connectivity index (χ3n) is 4.72. The molecule has 0 aliphatic carbocycles. The fourth-order valence-corrected chi connectivity index (χ4v) is 4.70. The van der Waals surface area contributed by atoms with Gasteiger partial charge in [-0.3, -0.25) is 4.79 Å². The maximum atomic E-state index is 12.8. The van der Waals surface area contributed by atoms with Gasteiger partial charge in [-0.05, 0) is 44.0 Å². The molecule has 148 valence electrons. The molecule has 1 amide bonds. The lowest BCUT2D eigenvalue weighted by Gasteiger charge is -2.25. The smallest absolute Gasteiger partial charge is 0.271 e. The van der Waals surface area contributed by atoms with Gasteiger partial charge < -0.3 is 5.73 Å². The lowest BCUT2D eigenvalue weighted by molar-refractivity contribution is 0.0954. The second kappa shape index (κ2) is 8.53. The number of nitrogens with one attached hydrogen (secondary N) is 1. The Balaban J connectivity index is 1.77. The molecule has 0 spiro atoms. The van der Waals surface area contributed by atoms with Crippen LogP contribution in [-0.2, 0) is 10.0 Å². The molecule has 0 saturated carbocycles. The fraction of sp³-hybridized carbons (Fsp3) is 0.300. The predicted octanol–water partition coefficient (Wildman–Crippen LogP) is 2.60. The summed E-state index contributed by atoms with van der Waals surface area (Å²) >= 11 is 0. The minimum atomic E-state index is -3.60. The van der Waals surface area contributed by atoms with Crippen LogP contribution in [0, 0.1) is 0 Å². The average Bonchev–Trinajstić information content (AvgIpc) is 2.73. The van der Waals surface area contributed by atoms with Crippen molar-refractivity contribution in [2.24, 2.45) is 5.10 Å². The summed E-state index contributed by atoms with van der Waals surface area (Å²) in [6, 6.07) is 13.3. The minimum Gasteiger partial charge on any atom is -0.398 e. The lowest BCUT2D eigenvalue weighted by atomic mass is 10.1. The van der Waals surface area contributed by atoms with Gasteiger partial charge in [0.15, 0.2) is 0 Å². The predicted molar refractivity (Wildman–Crippen MR) is 110 cm³/mol. The summed E-state index contributed by atoms with van der Waals surface area (Å²) in [6.07, 6.45) is 2.75. The molecule has 0 aromatic heterocycles. The first-order valence-corrected chi connectivity index (χ1v) is 10.6. The van der Waals surface area contributed by atoms with Crippen LogP contribution in [0.3, 0.4) is 0 Å². The maximum absolute atomic E-state index is 12.8. The number of benzene rings is 2. The Hall–Kier alpha value is -2.71. The second-order valence-corrected chi connectivity index (χ2v) is 8.66. The van der Waals surface area contributed by atoms with Gasteiger partial charge in [0.25, 0.3) is 5.91 Å². The van der Waals surface area contributed by atoms with E-state index in [9.17, 15) is 13.2 Å². The van der Waals surface area contributed by atoms with Crippen molar-refractivity contribution in [2.45, 2.75) is 31.1 Å². The van der Waals surface area contributed by atoms with Crippen molar-refractivity contribution in [1.82, 2.24) is 9.73 Å². The van der Waals surface area contributed by atoms with Crippen LogP contribution in [0.5, 0.6) is 0 Å². The van der Waals surface area contributed by atoms with Crippen LogP contribution in [0.25, 0.3) is 0 Å². The number of hydrazone groups is 1. The van der Waals surface area contributed by atoms with Crippen LogP contribution < -0.4 is 11.2 Å². The summed E-state index contributed by atoms with van der Waals surface area (Å²) in [5.74, 6) is -0.482. The Kier molecular flexibility index (Phi) is 6.11. The summed E-state index contributed by atoms with van der Waals surface area (Å²) in [5, 5.41) is 4.09. The molecule has 3 rings (SSSR count). The van der Waals surface area contributed by atoms with Crippen LogP contribution in [0.4, 0.5) is 5.69 Å². The molecule has 3 N–H and O–H groups in total. The van der Waals surface area contributed by atoms with Crippen molar-refractivity contribution in [3.63, 3.8) is 0 Å². The molecule has 0 atom stereocenters. The highest BCUT2D eigenvalue weighted by Crippen LogP contribution is 2.21. The van der Waals surface area contributed by atoms with Crippen molar-refractivity contribution < 1.29 is 13.2 Å². The zero-order valence-electron chi connectivity index (χ0n) is 15.8. The monoisotopic (exact) mass is 400 g/mol. The molecule has 7 nitrogen and oxygen atoms in total.